The smallest absolute Gasteiger partial charge is 0.306 e. The van der Waals surface area contributed by atoms with Crippen molar-refractivity contribution in [2.45, 2.75) is 23.2 Å². The van der Waals surface area contributed by atoms with Gasteiger partial charge in [0.05, 0.1) is 16.4 Å². The topological polar surface area (TPSA) is 104 Å². The first-order chi connectivity index (χ1) is 8.12. The maximum atomic E-state index is 11.8. The summed E-state index contributed by atoms with van der Waals surface area (Å²) in [7, 11) is -3.78. The lowest BCUT2D eigenvalue weighted by Crippen LogP contribution is -2.41. The summed E-state index contributed by atoms with van der Waals surface area (Å²) in [6, 6.07) is 2.78. The van der Waals surface area contributed by atoms with Gasteiger partial charge in [-0.25, -0.2) is 13.1 Å². The van der Waals surface area contributed by atoms with E-state index in [1.807, 2.05) is 0 Å². The van der Waals surface area contributed by atoms with Crippen LogP contribution >= 0.6 is 22.9 Å². The highest BCUT2D eigenvalue weighted by Crippen LogP contribution is 2.25. The summed E-state index contributed by atoms with van der Waals surface area (Å²) in [6.07, 6.45) is -0.555. The van der Waals surface area contributed by atoms with E-state index in [9.17, 15) is 18.3 Å². The van der Waals surface area contributed by atoms with Gasteiger partial charge in [-0.3, -0.25) is 4.79 Å². The van der Waals surface area contributed by atoms with Gasteiger partial charge >= 0.3 is 5.97 Å². The van der Waals surface area contributed by atoms with Gasteiger partial charge < -0.3 is 10.2 Å². The average Bonchev–Trinajstić information content (AvgIpc) is 2.61. The van der Waals surface area contributed by atoms with Crippen LogP contribution in [0.1, 0.15) is 13.3 Å². The molecule has 0 aliphatic heterocycles. The second kappa shape index (κ2) is 5.54. The van der Waals surface area contributed by atoms with E-state index in [0.29, 0.717) is 4.34 Å². The van der Waals surface area contributed by atoms with Crippen LogP contribution in [0.15, 0.2) is 16.3 Å². The quantitative estimate of drug-likeness (QED) is 0.724. The third kappa shape index (κ3) is 4.54. The molecule has 0 spiro atoms. The fourth-order valence-corrected chi connectivity index (χ4v) is 3.84. The van der Waals surface area contributed by atoms with E-state index >= 15 is 0 Å². The molecule has 18 heavy (non-hydrogen) atoms. The van der Waals surface area contributed by atoms with Gasteiger partial charge in [-0.05, 0) is 19.1 Å². The number of sulfonamides is 1. The average molecular weight is 314 g/mol. The Morgan fingerprint density at radius 2 is 2.17 bits per heavy atom. The molecule has 3 N–H and O–H groups in total. The third-order valence-electron chi connectivity index (χ3n) is 1.99. The summed E-state index contributed by atoms with van der Waals surface area (Å²) >= 11 is 6.50. The van der Waals surface area contributed by atoms with Crippen LogP contribution in [0.2, 0.25) is 4.34 Å². The minimum Gasteiger partial charge on any atom is -0.481 e. The Hall–Kier alpha value is -0.670. The maximum absolute atomic E-state index is 11.8. The standard InChI is InChI=1S/C9H12ClNO5S2/c1-9(14,4-7(12)13)5-11-18(15,16)8-3-2-6(10)17-8/h2-3,11,14H,4-5H2,1H3,(H,12,13). The number of hydrogen-bond donors (Lipinski definition) is 3. The highest BCUT2D eigenvalue weighted by molar-refractivity contribution is 7.91. The first-order valence-electron chi connectivity index (χ1n) is 4.82. The van der Waals surface area contributed by atoms with Gasteiger partial charge in [-0.15, -0.1) is 11.3 Å². The number of rotatable bonds is 6. The molecule has 1 rings (SSSR count). The summed E-state index contributed by atoms with van der Waals surface area (Å²) in [4.78, 5) is 10.5. The van der Waals surface area contributed by atoms with E-state index in [2.05, 4.69) is 4.72 Å². The van der Waals surface area contributed by atoms with Crippen molar-refractivity contribution in [2.75, 3.05) is 6.54 Å². The number of carbonyl (C=O) groups is 1. The van der Waals surface area contributed by atoms with Crippen molar-refractivity contribution >= 4 is 38.9 Å². The first kappa shape index (κ1) is 15.4. The Balaban J connectivity index is 2.71. The van der Waals surface area contributed by atoms with E-state index in [1.54, 1.807) is 0 Å². The van der Waals surface area contributed by atoms with E-state index < -0.39 is 34.6 Å². The van der Waals surface area contributed by atoms with E-state index in [1.165, 1.54) is 19.1 Å². The van der Waals surface area contributed by atoms with Crippen LogP contribution in [0.3, 0.4) is 0 Å². The van der Waals surface area contributed by atoms with Gasteiger partial charge in [-0.2, -0.15) is 0 Å². The Labute approximate surface area is 113 Å². The van der Waals surface area contributed by atoms with Crippen molar-refractivity contribution in [1.29, 1.82) is 0 Å². The Kier molecular flexibility index (Phi) is 4.73. The molecule has 0 aliphatic carbocycles. The van der Waals surface area contributed by atoms with Crippen molar-refractivity contribution < 1.29 is 23.4 Å². The third-order valence-corrected chi connectivity index (χ3v) is 5.11. The molecule has 0 fully saturated rings. The molecule has 1 aromatic heterocycles. The number of carboxylic acids is 1. The zero-order valence-electron chi connectivity index (χ0n) is 9.38. The van der Waals surface area contributed by atoms with Gasteiger partial charge in [0.25, 0.3) is 0 Å². The van der Waals surface area contributed by atoms with E-state index in [-0.39, 0.29) is 4.21 Å². The normalized spacial score (nSPS) is 15.3. The van der Waals surface area contributed by atoms with Crippen molar-refractivity contribution in [3.8, 4) is 0 Å². The molecule has 9 heteroatoms. The van der Waals surface area contributed by atoms with Crippen molar-refractivity contribution in [3.05, 3.63) is 16.5 Å². The lowest BCUT2D eigenvalue weighted by molar-refractivity contribution is -0.141. The monoisotopic (exact) mass is 313 g/mol. The number of halogens is 1. The van der Waals surface area contributed by atoms with Crippen LogP contribution in [0.5, 0.6) is 0 Å². The molecule has 1 atom stereocenters. The summed E-state index contributed by atoms with van der Waals surface area (Å²) in [5.41, 5.74) is -1.65. The van der Waals surface area contributed by atoms with Gasteiger partial charge in [0, 0.05) is 6.54 Å². The Bertz CT molecular complexity index is 537. The summed E-state index contributed by atoms with van der Waals surface area (Å²) in [6.45, 7) is 0.849. The van der Waals surface area contributed by atoms with Gasteiger partial charge in [0.1, 0.15) is 4.21 Å². The number of thiophene rings is 1. The van der Waals surface area contributed by atoms with Crippen molar-refractivity contribution in [3.63, 3.8) is 0 Å². The molecule has 0 amide bonds. The molecule has 0 aliphatic rings. The maximum Gasteiger partial charge on any atom is 0.306 e. The Morgan fingerprint density at radius 3 is 2.61 bits per heavy atom. The predicted octanol–water partition coefficient (Wildman–Crippen LogP) is 0.905. The number of aliphatic carboxylic acids is 1. The lowest BCUT2D eigenvalue weighted by atomic mass is 10.0. The second-order valence-corrected chi connectivity index (χ2v) is 7.66. The molecule has 1 heterocycles. The number of carboxylic acid groups (broad SMARTS) is 1. The second-order valence-electron chi connectivity index (χ2n) is 3.95. The fourth-order valence-electron chi connectivity index (χ4n) is 1.15. The molecule has 0 bridgehead atoms. The minimum absolute atomic E-state index is 0.0126. The van der Waals surface area contributed by atoms with Gasteiger partial charge in [-0.1, -0.05) is 11.6 Å². The molecule has 0 radical (unpaired) electrons. The number of aliphatic hydroxyl groups is 1. The summed E-state index contributed by atoms with van der Waals surface area (Å²) in [5.74, 6) is -1.21. The molecule has 0 saturated carbocycles. The molecular weight excluding hydrogens is 302 g/mol. The molecule has 1 unspecified atom stereocenters. The predicted molar refractivity (Wildman–Crippen MR) is 67.4 cm³/mol. The van der Waals surface area contributed by atoms with E-state index in [4.69, 9.17) is 16.7 Å². The fraction of sp³-hybridized carbons (Fsp3) is 0.444. The largest absolute Gasteiger partial charge is 0.481 e. The molecule has 0 aromatic carbocycles. The molecule has 1 aromatic rings. The lowest BCUT2D eigenvalue weighted by Gasteiger charge is -2.21. The van der Waals surface area contributed by atoms with Crippen LogP contribution < -0.4 is 4.72 Å². The van der Waals surface area contributed by atoms with Gasteiger partial charge in [0.15, 0.2) is 0 Å². The first-order valence-corrected chi connectivity index (χ1v) is 7.49. The molecule has 6 nitrogen and oxygen atoms in total. The van der Waals surface area contributed by atoms with Crippen LogP contribution in [-0.4, -0.2) is 36.7 Å². The number of nitrogens with one attached hydrogen (secondary N) is 1. The van der Waals surface area contributed by atoms with Crippen molar-refractivity contribution in [1.82, 2.24) is 4.72 Å². The zero-order valence-corrected chi connectivity index (χ0v) is 11.8. The van der Waals surface area contributed by atoms with Crippen molar-refractivity contribution in [2.24, 2.45) is 0 Å². The Morgan fingerprint density at radius 1 is 1.56 bits per heavy atom. The van der Waals surface area contributed by atoms with E-state index in [0.717, 1.165) is 11.3 Å². The highest BCUT2D eigenvalue weighted by Gasteiger charge is 2.27. The van der Waals surface area contributed by atoms with Crippen LogP contribution in [-0.2, 0) is 14.8 Å². The minimum atomic E-state index is -3.78. The zero-order chi connectivity index (χ0) is 14.0. The molecule has 102 valence electrons. The highest BCUT2D eigenvalue weighted by atomic mass is 35.5. The molecular formula is C9H12ClNO5S2. The SMILES string of the molecule is CC(O)(CNS(=O)(=O)c1ccc(Cl)s1)CC(=O)O. The summed E-state index contributed by atoms with van der Waals surface area (Å²) < 4.78 is 26.0. The van der Waals surface area contributed by atoms with Gasteiger partial charge in [0.2, 0.25) is 10.0 Å². The van der Waals surface area contributed by atoms with Crippen LogP contribution in [0.4, 0.5) is 0 Å². The summed E-state index contributed by atoms with van der Waals surface area (Å²) in [5, 5.41) is 18.2. The van der Waals surface area contributed by atoms with Crippen LogP contribution in [0, 0.1) is 0 Å². The van der Waals surface area contributed by atoms with Crippen LogP contribution in [0.25, 0.3) is 0 Å². The number of hydrogen-bond acceptors (Lipinski definition) is 5. The molecule has 0 saturated heterocycles.